The third-order valence-electron chi connectivity index (χ3n) is 3.11. The summed E-state index contributed by atoms with van der Waals surface area (Å²) in [6.45, 7) is 7.91. The van der Waals surface area contributed by atoms with E-state index >= 15 is 0 Å². The summed E-state index contributed by atoms with van der Waals surface area (Å²) in [7, 11) is 2.09. The summed E-state index contributed by atoms with van der Waals surface area (Å²) in [5.74, 6) is 0.875. The molecule has 0 aromatic carbocycles. The largest absolute Gasteiger partial charge is 0.317 e. The molecule has 0 radical (unpaired) electrons. The van der Waals surface area contributed by atoms with E-state index in [4.69, 9.17) is 0 Å². The van der Waals surface area contributed by atoms with Gasteiger partial charge in [0.05, 0.1) is 0 Å². The standard InChI is InChI=1S/C12H26N2/c1-12(2,3)14-9-10-6-5-7-11(8-10)13-4/h10-11,13-14H,5-9H2,1-4H3. The Morgan fingerprint density at radius 1 is 1.21 bits per heavy atom. The van der Waals surface area contributed by atoms with Gasteiger partial charge in [0.2, 0.25) is 0 Å². The van der Waals surface area contributed by atoms with Crippen molar-refractivity contribution in [2.75, 3.05) is 13.6 Å². The second-order valence-corrected chi connectivity index (χ2v) is 5.65. The molecule has 2 nitrogen and oxygen atoms in total. The molecule has 0 aromatic rings. The molecular weight excluding hydrogens is 172 g/mol. The monoisotopic (exact) mass is 198 g/mol. The molecule has 0 saturated heterocycles. The summed E-state index contributed by atoms with van der Waals surface area (Å²) in [4.78, 5) is 0. The van der Waals surface area contributed by atoms with Crippen LogP contribution in [0, 0.1) is 5.92 Å². The van der Waals surface area contributed by atoms with Gasteiger partial charge >= 0.3 is 0 Å². The van der Waals surface area contributed by atoms with Crippen LogP contribution in [0.25, 0.3) is 0 Å². The highest BCUT2D eigenvalue weighted by atomic mass is 14.9. The molecule has 1 aliphatic rings. The van der Waals surface area contributed by atoms with Crippen molar-refractivity contribution in [3.05, 3.63) is 0 Å². The SMILES string of the molecule is CNC1CCCC(CNC(C)(C)C)C1. The normalized spacial score (nSPS) is 29.1. The first-order chi connectivity index (χ1) is 6.51. The van der Waals surface area contributed by atoms with Crippen LogP contribution in [0.2, 0.25) is 0 Å². The van der Waals surface area contributed by atoms with Gasteiger partial charge < -0.3 is 10.6 Å². The summed E-state index contributed by atoms with van der Waals surface area (Å²) in [6.07, 6.45) is 5.51. The third kappa shape index (κ3) is 4.43. The second-order valence-electron chi connectivity index (χ2n) is 5.65. The summed E-state index contributed by atoms with van der Waals surface area (Å²) in [5.41, 5.74) is 0.270. The molecule has 2 atom stereocenters. The van der Waals surface area contributed by atoms with Crippen LogP contribution in [-0.2, 0) is 0 Å². The number of nitrogens with one attached hydrogen (secondary N) is 2. The van der Waals surface area contributed by atoms with E-state index in [0.717, 1.165) is 12.0 Å². The summed E-state index contributed by atoms with van der Waals surface area (Å²) >= 11 is 0. The van der Waals surface area contributed by atoms with Gasteiger partial charge in [-0.05, 0) is 59.5 Å². The van der Waals surface area contributed by atoms with Crippen molar-refractivity contribution in [1.29, 1.82) is 0 Å². The van der Waals surface area contributed by atoms with Gasteiger partial charge in [0, 0.05) is 11.6 Å². The molecule has 1 rings (SSSR count). The van der Waals surface area contributed by atoms with E-state index in [1.165, 1.54) is 32.2 Å². The maximum absolute atomic E-state index is 3.61. The predicted octanol–water partition coefficient (Wildman–Crippen LogP) is 2.15. The average molecular weight is 198 g/mol. The Morgan fingerprint density at radius 3 is 2.50 bits per heavy atom. The predicted molar refractivity (Wildman–Crippen MR) is 62.6 cm³/mol. The summed E-state index contributed by atoms with van der Waals surface area (Å²) < 4.78 is 0. The van der Waals surface area contributed by atoms with Crippen LogP contribution in [-0.4, -0.2) is 25.2 Å². The zero-order chi connectivity index (χ0) is 10.6. The highest BCUT2D eigenvalue weighted by molar-refractivity contribution is 4.80. The van der Waals surface area contributed by atoms with Gasteiger partial charge in [-0.2, -0.15) is 0 Å². The first-order valence-corrected chi connectivity index (χ1v) is 5.93. The van der Waals surface area contributed by atoms with E-state index in [9.17, 15) is 0 Å². The van der Waals surface area contributed by atoms with Crippen molar-refractivity contribution < 1.29 is 0 Å². The molecule has 1 aliphatic carbocycles. The molecule has 2 N–H and O–H groups in total. The van der Waals surface area contributed by atoms with Crippen molar-refractivity contribution in [2.24, 2.45) is 5.92 Å². The molecular formula is C12H26N2. The Labute approximate surface area is 88.8 Å². The van der Waals surface area contributed by atoms with Crippen molar-refractivity contribution in [1.82, 2.24) is 10.6 Å². The zero-order valence-corrected chi connectivity index (χ0v) is 10.2. The molecule has 14 heavy (non-hydrogen) atoms. The lowest BCUT2D eigenvalue weighted by Gasteiger charge is -2.31. The Morgan fingerprint density at radius 2 is 1.93 bits per heavy atom. The van der Waals surface area contributed by atoms with Crippen LogP contribution >= 0.6 is 0 Å². The lowest BCUT2D eigenvalue weighted by Crippen LogP contribution is -2.42. The molecule has 2 unspecified atom stereocenters. The van der Waals surface area contributed by atoms with Gasteiger partial charge in [0.1, 0.15) is 0 Å². The highest BCUT2D eigenvalue weighted by Gasteiger charge is 2.21. The second kappa shape index (κ2) is 5.13. The first kappa shape index (κ1) is 12.0. The van der Waals surface area contributed by atoms with E-state index in [1.807, 2.05) is 0 Å². The molecule has 0 bridgehead atoms. The van der Waals surface area contributed by atoms with Gasteiger partial charge in [0.25, 0.3) is 0 Å². The van der Waals surface area contributed by atoms with Crippen molar-refractivity contribution in [3.63, 3.8) is 0 Å². The lowest BCUT2D eigenvalue weighted by atomic mass is 9.85. The van der Waals surface area contributed by atoms with Crippen LogP contribution in [0.5, 0.6) is 0 Å². The minimum absolute atomic E-state index is 0.270. The fraction of sp³-hybridized carbons (Fsp3) is 1.00. The fourth-order valence-corrected chi connectivity index (χ4v) is 2.19. The zero-order valence-electron chi connectivity index (χ0n) is 10.2. The molecule has 0 heterocycles. The van der Waals surface area contributed by atoms with Gasteiger partial charge in [-0.15, -0.1) is 0 Å². The summed E-state index contributed by atoms with van der Waals surface area (Å²) in [5, 5.41) is 7.01. The number of hydrogen-bond donors (Lipinski definition) is 2. The van der Waals surface area contributed by atoms with Gasteiger partial charge in [0.15, 0.2) is 0 Å². The van der Waals surface area contributed by atoms with Crippen molar-refractivity contribution in [2.45, 2.75) is 58.0 Å². The molecule has 0 spiro atoms. The maximum Gasteiger partial charge on any atom is 0.00966 e. The van der Waals surface area contributed by atoms with Crippen LogP contribution in [0.1, 0.15) is 46.5 Å². The minimum atomic E-state index is 0.270. The average Bonchev–Trinajstić information content (AvgIpc) is 2.14. The van der Waals surface area contributed by atoms with E-state index < -0.39 is 0 Å². The number of rotatable bonds is 3. The fourth-order valence-electron chi connectivity index (χ4n) is 2.19. The van der Waals surface area contributed by atoms with Gasteiger partial charge in [-0.3, -0.25) is 0 Å². The topological polar surface area (TPSA) is 24.1 Å². The van der Waals surface area contributed by atoms with Crippen LogP contribution < -0.4 is 10.6 Å². The van der Waals surface area contributed by atoms with Gasteiger partial charge in [-0.25, -0.2) is 0 Å². The molecule has 1 fully saturated rings. The van der Waals surface area contributed by atoms with Crippen LogP contribution in [0.4, 0.5) is 0 Å². The number of hydrogen-bond acceptors (Lipinski definition) is 2. The third-order valence-corrected chi connectivity index (χ3v) is 3.11. The molecule has 0 amide bonds. The molecule has 1 saturated carbocycles. The van der Waals surface area contributed by atoms with Gasteiger partial charge in [-0.1, -0.05) is 6.42 Å². The Bertz CT molecular complexity index is 160. The Kier molecular flexibility index (Phi) is 4.39. The first-order valence-electron chi connectivity index (χ1n) is 5.93. The molecule has 0 aliphatic heterocycles. The van der Waals surface area contributed by atoms with E-state index in [0.29, 0.717) is 0 Å². The van der Waals surface area contributed by atoms with E-state index in [1.54, 1.807) is 0 Å². The molecule has 0 aromatic heterocycles. The van der Waals surface area contributed by atoms with Crippen molar-refractivity contribution in [3.8, 4) is 0 Å². The molecule has 84 valence electrons. The minimum Gasteiger partial charge on any atom is -0.317 e. The van der Waals surface area contributed by atoms with Crippen LogP contribution in [0.15, 0.2) is 0 Å². The molecule has 2 heteroatoms. The Hall–Kier alpha value is -0.0800. The van der Waals surface area contributed by atoms with E-state index in [2.05, 4.69) is 38.5 Å². The quantitative estimate of drug-likeness (QED) is 0.726. The van der Waals surface area contributed by atoms with Crippen molar-refractivity contribution >= 4 is 0 Å². The smallest absolute Gasteiger partial charge is 0.00966 e. The highest BCUT2D eigenvalue weighted by Crippen LogP contribution is 2.23. The summed E-state index contributed by atoms with van der Waals surface area (Å²) in [6, 6.07) is 0.760. The van der Waals surface area contributed by atoms with Crippen LogP contribution in [0.3, 0.4) is 0 Å². The van der Waals surface area contributed by atoms with E-state index in [-0.39, 0.29) is 5.54 Å². The maximum atomic E-state index is 3.61. The lowest BCUT2D eigenvalue weighted by molar-refractivity contribution is 0.265. The Balaban J connectivity index is 2.24.